The average molecular weight is 252 g/mol. The maximum atomic E-state index is 11.9. The van der Waals surface area contributed by atoms with Gasteiger partial charge in [0.2, 0.25) is 5.78 Å². The number of ether oxygens (including phenoxy) is 1. The number of hydrogen-bond acceptors (Lipinski definition) is 3. The van der Waals surface area contributed by atoms with Crippen LogP contribution in [0.15, 0.2) is 23.0 Å². The molecule has 1 rings (SSSR count). The molecule has 0 saturated heterocycles. The number of nitrogens with one attached hydrogen (secondary N) is 1. The van der Waals surface area contributed by atoms with Crippen molar-refractivity contribution in [3.05, 3.63) is 23.0 Å². The number of quaternary nitrogens is 1. The Morgan fingerprint density at radius 2 is 2.00 bits per heavy atom. The van der Waals surface area contributed by atoms with Gasteiger partial charge in [-0.25, -0.2) is 4.79 Å². The van der Waals surface area contributed by atoms with Crippen LogP contribution in [-0.4, -0.2) is 24.9 Å². The highest BCUT2D eigenvalue weighted by Gasteiger charge is 2.32. The van der Waals surface area contributed by atoms with Crippen LogP contribution in [0.3, 0.4) is 0 Å². The fraction of sp³-hybridized carbons (Fsp3) is 0.571. The number of esters is 1. The fourth-order valence-corrected chi connectivity index (χ4v) is 2.18. The minimum atomic E-state index is -0.502. The zero-order valence-electron chi connectivity index (χ0n) is 11.6. The Labute approximate surface area is 108 Å². The molecule has 0 radical (unpaired) electrons. The lowest BCUT2D eigenvalue weighted by Crippen LogP contribution is -3.08. The van der Waals surface area contributed by atoms with Crippen molar-refractivity contribution in [2.45, 2.75) is 40.5 Å². The van der Waals surface area contributed by atoms with Gasteiger partial charge in [-0.3, -0.25) is 9.69 Å². The molecule has 0 aromatic rings. The van der Waals surface area contributed by atoms with Crippen LogP contribution in [0.2, 0.25) is 0 Å². The van der Waals surface area contributed by atoms with E-state index in [0.29, 0.717) is 0 Å². The van der Waals surface area contributed by atoms with Gasteiger partial charge in [-0.2, -0.15) is 0 Å². The van der Waals surface area contributed by atoms with E-state index in [1.807, 2.05) is 13.8 Å². The van der Waals surface area contributed by atoms with Crippen LogP contribution in [0, 0.1) is 0 Å². The van der Waals surface area contributed by atoms with Crippen LogP contribution in [0.25, 0.3) is 0 Å². The summed E-state index contributed by atoms with van der Waals surface area (Å²) in [6.07, 6.45) is 3.69. The predicted molar refractivity (Wildman–Crippen MR) is 68.8 cm³/mol. The number of carbonyl (C=O) groups excluding carboxylic acids is 2. The van der Waals surface area contributed by atoms with Crippen molar-refractivity contribution in [1.29, 1.82) is 0 Å². The second-order valence-corrected chi connectivity index (χ2v) is 4.49. The SMILES string of the molecule is CCCC[NH+]1C(C)=CC(=O)C(C(=O)OCC)=C1C. The largest absolute Gasteiger partial charge is 0.462 e. The van der Waals surface area contributed by atoms with Crippen LogP contribution in [-0.2, 0) is 14.3 Å². The van der Waals surface area contributed by atoms with Crippen molar-refractivity contribution in [3.8, 4) is 0 Å². The third-order valence-electron chi connectivity index (χ3n) is 3.16. The minimum absolute atomic E-state index is 0.202. The maximum Gasteiger partial charge on any atom is 0.347 e. The molecule has 1 aliphatic heterocycles. The number of hydrogen-bond donors (Lipinski definition) is 1. The Morgan fingerprint density at radius 3 is 2.56 bits per heavy atom. The van der Waals surface area contributed by atoms with Crippen LogP contribution in [0.1, 0.15) is 40.5 Å². The van der Waals surface area contributed by atoms with Gasteiger partial charge >= 0.3 is 5.97 Å². The number of unbranched alkanes of at least 4 members (excludes halogenated alkanes) is 1. The van der Waals surface area contributed by atoms with Crippen molar-refractivity contribution >= 4 is 11.8 Å². The predicted octanol–water partition coefficient (Wildman–Crippen LogP) is 0.995. The Balaban J connectivity index is 3.01. The van der Waals surface area contributed by atoms with E-state index in [4.69, 9.17) is 4.74 Å². The van der Waals surface area contributed by atoms with Crippen molar-refractivity contribution in [1.82, 2.24) is 0 Å². The van der Waals surface area contributed by atoms with E-state index >= 15 is 0 Å². The summed E-state index contributed by atoms with van der Waals surface area (Å²) in [4.78, 5) is 24.8. The van der Waals surface area contributed by atoms with Gasteiger partial charge in [0, 0.05) is 19.9 Å². The molecule has 4 nitrogen and oxygen atoms in total. The number of carbonyl (C=O) groups is 2. The molecule has 0 bridgehead atoms. The van der Waals surface area contributed by atoms with E-state index in [2.05, 4.69) is 6.92 Å². The molecule has 0 aliphatic carbocycles. The third-order valence-corrected chi connectivity index (χ3v) is 3.16. The smallest absolute Gasteiger partial charge is 0.347 e. The van der Waals surface area contributed by atoms with Gasteiger partial charge in [0.15, 0.2) is 5.57 Å². The van der Waals surface area contributed by atoms with Crippen LogP contribution < -0.4 is 4.90 Å². The van der Waals surface area contributed by atoms with E-state index in [-0.39, 0.29) is 18.0 Å². The first-order valence-corrected chi connectivity index (χ1v) is 6.50. The highest BCUT2D eigenvalue weighted by Crippen LogP contribution is 2.10. The normalized spacial score (nSPS) is 19.9. The molecule has 4 heteroatoms. The summed E-state index contributed by atoms with van der Waals surface area (Å²) in [6, 6.07) is 0. The van der Waals surface area contributed by atoms with Crippen molar-refractivity contribution in [3.63, 3.8) is 0 Å². The van der Waals surface area contributed by atoms with E-state index in [0.717, 1.165) is 35.7 Å². The maximum absolute atomic E-state index is 11.9. The van der Waals surface area contributed by atoms with Crippen LogP contribution in [0.5, 0.6) is 0 Å². The molecule has 0 aromatic carbocycles. The second kappa shape index (κ2) is 6.50. The molecule has 0 spiro atoms. The minimum Gasteiger partial charge on any atom is -0.462 e. The topological polar surface area (TPSA) is 47.8 Å². The highest BCUT2D eigenvalue weighted by molar-refractivity contribution is 6.22. The molecule has 0 amide bonds. The first-order valence-electron chi connectivity index (χ1n) is 6.50. The molecular formula is C14H22NO3+. The molecule has 1 N–H and O–H groups in total. The molecule has 18 heavy (non-hydrogen) atoms. The lowest BCUT2D eigenvalue weighted by Gasteiger charge is -2.24. The second-order valence-electron chi connectivity index (χ2n) is 4.49. The molecule has 0 aromatic heterocycles. The molecule has 1 unspecified atom stereocenters. The lowest BCUT2D eigenvalue weighted by atomic mass is 10.0. The van der Waals surface area contributed by atoms with Gasteiger partial charge in [-0.1, -0.05) is 13.3 Å². The van der Waals surface area contributed by atoms with Gasteiger partial charge in [0.05, 0.1) is 13.2 Å². The molecule has 100 valence electrons. The Kier molecular flexibility index (Phi) is 5.28. The van der Waals surface area contributed by atoms with E-state index < -0.39 is 5.97 Å². The van der Waals surface area contributed by atoms with Crippen molar-refractivity contribution in [2.75, 3.05) is 13.2 Å². The van der Waals surface area contributed by atoms with Crippen LogP contribution in [0.4, 0.5) is 0 Å². The zero-order valence-corrected chi connectivity index (χ0v) is 11.6. The zero-order chi connectivity index (χ0) is 13.7. The molecule has 1 aliphatic rings. The van der Waals surface area contributed by atoms with Crippen molar-refractivity contribution in [2.24, 2.45) is 0 Å². The Bertz CT molecular complexity index is 407. The monoisotopic (exact) mass is 252 g/mol. The van der Waals surface area contributed by atoms with Crippen molar-refractivity contribution < 1.29 is 19.2 Å². The third kappa shape index (κ3) is 3.07. The standard InChI is InChI=1S/C14H21NO3/c1-5-7-8-15-10(3)9-12(16)13(11(15)4)14(17)18-6-2/h9H,5-8H2,1-4H3/p+1. The first-order chi connectivity index (χ1) is 8.52. The average Bonchev–Trinajstić information content (AvgIpc) is 2.28. The van der Waals surface area contributed by atoms with E-state index in [9.17, 15) is 9.59 Å². The quantitative estimate of drug-likeness (QED) is 0.586. The van der Waals surface area contributed by atoms with Gasteiger partial charge < -0.3 is 4.74 Å². The number of allylic oxidation sites excluding steroid dienone is 3. The van der Waals surface area contributed by atoms with Gasteiger partial charge in [-0.15, -0.1) is 0 Å². The summed E-state index contributed by atoms with van der Waals surface area (Å²) in [5.74, 6) is -0.735. The summed E-state index contributed by atoms with van der Waals surface area (Å²) in [7, 11) is 0. The Hall–Kier alpha value is -1.42. The number of ketones is 1. The summed E-state index contributed by atoms with van der Waals surface area (Å²) in [6.45, 7) is 8.82. The molecule has 1 heterocycles. The van der Waals surface area contributed by atoms with Gasteiger partial charge in [-0.05, 0) is 13.3 Å². The number of rotatable bonds is 5. The van der Waals surface area contributed by atoms with E-state index in [1.165, 1.54) is 0 Å². The molecular weight excluding hydrogens is 230 g/mol. The molecule has 1 atom stereocenters. The van der Waals surface area contributed by atoms with Crippen LogP contribution >= 0.6 is 0 Å². The molecule has 0 saturated carbocycles. The summed E-state index contributed by atoms with van der Waals surface area (Å²) in [5.41, 5.74) is 1.96. The summed E-state index contributed by atoms with van der Waals surface area (Å²) < 4.78 is 4.95. The first kappa shape index (κ1) is 14.6. The highest BCUT2D eigenvalue weighted by atomic mass is 16.5. The summed E-state index contributed by atoms with van der Waals surface area (Å²) in [5, 5.41) is 0. The van der Waals surface area contributed by atoms with Gasteiger partial charge in [0.25, 0.3) is 0 Å². The van der Waals surface area contributed by atoms with E-state index in [1.54, 1.807) is 13.0 Å². The Morgan fingerprint density at radius 1 is 1.33 bits per heavy atom. The van der Waals surface area contributed by atoms with Gasteiger partial charge in [0.1, 0.15) is 11.4 Å². The summed E-state index contributed by atoms with van der Waals surface area (Å²) >= 11 is 0. The molecule has 0 fully saturated rings. The fourth-order valence-electron chi connectivity index (χ4n) is 2.18. The lowest BCUT2D eigenvalue weighted by molar-refractivity contribution is -0.820.